The van der Waals surface area contributed by atoms with Crippen LogP contribution in [0.25, 0.3) is 0 Å². The van der Waals surface area contributed by atoms with Gasteiger partial charge >= 0.3 is 0 Å². The maximum atomic E-state index is 12.1. The molecule has 4 N–H and O–H groups in total. The van der Waals surface area contributed by atoms with E-state index >= 15 is 0 Å². The van der Waals surface area contributed by atoms with Gasteiger partial charge in [0.2, 0.25) is 0 Å². The molecule has 0 bridgehead atoms. The van der Waals surface area contributed by atoms with Crippen molar-refractivity contribution in [3.63, 3.8) is 0 Å². The number of anilines is 2. The van der Waals surface area contributed by atoms with Gasteiger partial charge in [-0.1, -0.05) is 0 Å². The summed E-state index contributed by atoms with van der Waals surface area (Å²) in [5, 5.41) is 6.84. The molecule has 0 unspecified atom stereocenters. The molecule has 8 nitrogen and oxygen atoms in total. The number of rotatable bonds is 6. The average molecular weight is 276 g/mol. The summed E-state index contributed by atoms with van der Waals surface area (Å²) >= 11 is 0. The van der Waals surface area contributed by atoms with E-state index in [2.05, 4.69) is 20.8 Å². The number of nitrogens with zero attached hydrogens (tertiary/aromatic N) is 3. The quantitative estimate of drug-likeness (QED) is 0.522. The predicted octanol–water partition coefficient (Wildman–Crippen LogP) is 0.462. The van der Waals surface area contributed by atoms with E-state index in [1.165, 1.54) is 6.20 Å². The predicted molar refractivity (Wildman–Crippen MR) is 74.1 cm³/mol. The third-order valence-electron chi connectivity index (χ3n) is 2.64. The minimum absolute atomic E-state index is 0.308. The van der Waals surface area contributed by atoms with E-state index in [4.69, 9.17) is 10.6 Å². The van der Waals surface area contributed by atoms with Crippen LogP contribution in [-0.2, 0) is 11.3 Å². The van der Waals surface area contributed by atoms with Crippen LogP contribution in [0.5, 0.6) is 0 Å². The summed E-state index contributed by atoms with van der Waals surface area (Å²) in [6, 6.07) is 1.62. The van der Waals surface area contributed by atoms with E-state index in [1.807, 2.05) is 0 Å². The fourth-order valence-electron chi connectivity index (χ4n) is 1.63. The number of aromatic nitrogens is 3. The van der Waals surface area contributed by atoms with Crippen molar-refractivity contribution in [1.82, 2.24) is 14.8 Å². The number of pyridine rings is 1. The minimum Gasteiger partial charge on any atom is -0.383 e. The van der Waals surface area contributed by atoms with Crippen molar-refractivity contribution < 1.29 is 9.53 Å². The normalized spacial score (nSPS) is 10.3. The first-order valence-corrected chi connectivity index (χ1v) is 5.98. The Kier molecular flexibility index (Phi) is 4.64. The number of nitrogens with one attached hydrogen (secondary N) is 2. The van der Waals surface area contributed by atoms with E-state index in [1.54, 1.807) is 36.4 Å². The van der Waals surface area contributed by atoms with E-state index < -0.39 is 0 Å². The van der Waals surface area contributed by atoms with Gasteiger partial charge in [0.1, 0.15) is 0 Å². The molecule has 106 valence electrons. The highest BCUT2D eigenvalue weighted by atomic mass is 16.5. The summed E-state index contributed by atoms with van der Waals surface area (Å²) < 4.78 is 6.64. The molecule has 8 heteroatoms. The first kappa shape index (κ1) is 14.0. The zero-order valence-electron chi connectivity index (χ0n) is 11.0. The summed E-state index contributed by atoms with van der Waals surface area (Å²) in [5.74, 6) is 5.04. The zero-order valence-corrected chi connectivity index (χ0v) is 11.0. The van der Waals surface area contributed by atoms with Gasteiger partial charge in [0.05, 0.1) is 36.3 Å². The van der Waals surface area contributed by atoms with Crippen LogP contribution in [0.15, 0.2) is 30.9 Å². The Morgan fingerprint density at radius 3 is 3.10 bits per heavy atom. The Morgan fingerprint density at radius 1 is 1.50 bits per heavy atom. The number of ether oxygens (including phenoxy) is 1. The number of hydrazine groups is 1. The maximum Gasteiger partial charge on any atom is 0.259 e. The van der Waals surface area contributed by atoms with Crippen LogP contribution in [0, 0.1) is 0 Å². The van der Waals surface area contributed by atoms with E-state index in [-0.39, 0.29) is 5.91 Å². The first-order chi connectivity index (χ1) is 9.74. The summed E-state index contributed by atoms with van der Waals surface area (Å²) in [5.41, 5.74) is 3.92. The van der Waals surface area contributed by atoms with Crippen LogP contribution in [0.2, 0.25) is 0 Å². The number of carbonyl (C=O) groups excluding carboxylic acids is 1. The second-order valence-electron chi connectivity index (χ2n) is 4.00. The van der Waals surface area contributed by atoms with Gasteiger partial charge in [0.25, 0.3) is 5.91 Å². The first-order valence-electron chi connectivity index (χ1n) is 5.98. The molecule has 0 aliphatic heterocycles. The number of nitrogens with two attached hydrogens (primary N) is 1. The number of hydrogen-bond donors (Lipinski definition) is 3. The van der Waals surface area contributed by atoms with Crippen LogP contribution in [0.3, 0.4) is 0 Å². The van der Waals surface area contributed by atoms with Crippen molar-refractivity contribution in [1.29, 1.82) is 0 Å². The molecule has 0 atom stereocenters. The molecular formula is C12H16N6O2. The highest BCUT2D eigenvalue weighted by Crippen LogP contribution is 2.14. The van der Waals surface area contributed by atoms with Crippen molar-refractivity contribution in [2.24, 2.45) is 5.84 Å². The van der Waals surface area contributed by atoms with Crippen molar-refractivity contribution in [3.8, 4) is 0 Å². The Hall–Kier alpha value is -2.45. The van der Waals surface area contributed by atoms with Crippen molar-refractivity contribution in [2.75, 3.05) is 24.5 Å². The maximum absolute atomic E-state index is 12.1. The van der Waals surface area contributed by atoms with Gasteiger partial charge in [-0.05, 0) is 6.07 Å². The lowest BCUT2D eigenvalue weighted by Gasteiger charge is -2.07. The smallest absolute Gasteiger partial charge is 0.259 e. The molecule has 2 heterocycles. The topological polar surface area (TPSA) is 107 Å². The molecule has 2 aromatic rings. The van der Waals surface area contributed by atoms with E-state index in [0.717, 1.165) is 0 Å². The molecule has 0 spiro atoms. The number of amides is 1. The fourth-order valence-corrected chi connectivity index (χ4v) is 1.63. The van der Waals surface area contributed by atoms with Crippen LogP contribution < -0.4 is 16.6 Å². The molecule has 20 heavy (non-hydrogen) atoms. The van der Waals surface area contributed by atoms with Crippen molar-refractivity contribution in [2.45, 2.75) is 6.54 Å². The van der Waals surface area contributed by atoms with Gasteiger partial charge < -0.3 is 15.5 Å². The van der Waals surface area contributed by atoms with Gasteiger partial charge in [0, 0.05) is 25.7 Å². The Morgan fingerprint density at radius 2 is 2.35 bits per heavy atom. The van der Waals surface area contributed by atoms with Crippen LogP contribution in [0.1, 0.15) is 10.4 Å². The van der Waals surface area contributed by atoms with Crippen molar-refractivity contribution in [3.05, 3.63) is 36.4 Å². The lowest BCUT2D eigenvalue weighted by molar-refractivity contribution is 0.102. The minimum atomic E-state index is -0.308. The van der Waals surface area contributed by atoms with Gasteiger partial charge in [-0.15, -0.1) is 0 Å². The average Bonchev–Trinajstić information content (AvgIpc) is 2.92. The lowest BCUT2D eigenvalue weighted by Crippen LogP contribution is -2.17. The summed E-state index contributed by atoms with van der Waals surface area (Å²) in [4.78, 5) is 16.0. The van der Waals surface area contributed by atoms with Crippen LogP contribution in [0.4, 0.5) is 11.4 Å². The molecule has 0 fully saturated rings. The Labute approximate surface area is 115 Å². The molecule has 2 rings (SSSR count). The highest BCUT2D eigenvalue weighted by Gasteiger charge is 2.12. The van der Waals surface area contributed by atoms with Gasteiger partial charge in [-0.2, -0.15) is 5.10 Å². The van der Waals surface area contributed by atoms with Gasteiger partial charge in [0.15, 0.2) is 0 Å². The molecule has 0 aromatic carbocycles. The SMILES string of the molecule is COCCn1cc(NC(=O)c2cnccc2NN)cn1. The molecule has 0 aliphatic carbocycles. The van der Waals surface area contributed by atoms with Crippen LogP contribution >= 0.6 is 0 Å². The number of carbonyl (C=O) groups is 1. The zero-order chi connectivity index (χ0) is 14.4. The third kappa shape index (κ3) is 3.31. The van der Waals surface area contributed by atoms with Crippen LogP contribution in [-0.4, -0.2) is 34.4 Å². The standard InChI is InChI=1S/C12H16N6O2/c1-20-5-4-18-8-9(6-15-18)16-12(19)10-7-14-3-2-11(10)17-13/h2-3,6-8H,4-5,13H2,1H3,(H,14,17)(H,16,19). The third-order valence-corrected chi connectivity index (χ3v) is 2.64. The van der Waals surface area contributed by atoms with E-state index in [9.17, 15) is 4.79 Å². The molecule has 1 amide bonds. The second kappa shape index (κ2) is 6.64. The summed E-state index contributed by atoms with van der Waals surface area (Å²) in [6.45, 7) is 1.17. The monoisotopic (exact) mass is 276 g/mol. The second-order valence-corrected chi connectivity index (χ2v) is 4.00. The molecule has 2 aromatic heterocycles. The van der Waals surface area contributed by atoms with Gasteiger partial charge in [-0.3, -0.25) is 20.3 Å². The molecule has 0 aliphatic rings. The van der Waals surface area contributed by atoms with E-state index in [0.29, 0.717) is 30.1 Å². The number of methoxy groups -OCH3 is 1. The summed E-state index contributed by atoms with van der Waals surface area (Å²) in [6.07, 6.45) is 6.29. The van der Waals surface area contributed by atoms with Gasteiger partial charge in [-0.25, -0.2) is 0 Å². The fraction of sp³-hybridized carbons (Fsp3) is 0.250. The lowest BCUT2D eigenvalue weighted by atomic mass is 10.2. The Balaban J connectivity index is 2.05. The number of nitrogen functional groups attached to an aromatic ring is 1. The molecule has 0 saturated carbocycles. The van der Waals surface area contributed by atoms with Crippen molar-refractivity contribution >= 4 is 17.3 Å². The largest absolute Gasteiger partial charge is 0.383 e. The molecule has 0 saturated heterocycles. The highest BCUT2D eigenvalue weighted by molar-refractivity contribution is 6.07. The molecular weight excluding hydrogens is 260 g/mol. The molecule has 0 radical (unpaired) electrons. The Bertz CT molecular complexity index is 583. The number of hydrogen-bond acceptors (Lipinski definition) is 6. The summed E-state index contributed by atoms with van der Waals surface area (Å²) in [7, 11) is 1.62.